The van der Waals surface area contributed by atoms with E-state index in [2.05, 4.69) is 36.3 Å². The number of sulfonamides is 1. The van der Waals surface area contributed by atoms with E-state index in [0.717, 1.165) is 34.0 Å². The average molecular weight is 775 g/mol. The molecule has 0 radical (unpaired) electrons. The lowest BCUT2D eigenvalue weighted by Crippen LogP contribution is -2.57. The number of anilines is 1. The number of carbonyl (C=O) groups excluding carboxylic acids is 3. The number of hydrogen-bond acceptors (Lipinski definition) is 9. The van der Waals surface area contributed by atoms with Gasteiger partial charge in [0.15, 0.2) is 0 Å². The van der Waals surface area contributed by atoms with Crippen molar-refractivity contribution in [3.8, 4) is 5.19 Å². The number of allylic oxidation sites excluding steroid dienone is 1. The van der Waals surface area contributed by atoms with Gasteiger partial charge in [0.05, 0.1) is 22.0 Å². The van der Waals surface area contributed by atoms with Gasteiger partial charge in [-0.1, -0.05) is 58.3 Å². The molecule has 7 rings (SSSR count). The van der Waals surface area contributed by atoms with Crippen LogP contribution < -0.4 is 20.1 Å². The highest BCUT2D eigenvalue weighted by Crippen LogP contribution is 2.46. The summed E-state index contributed by atoms with van der Waals surface area (Å²) < 4.78 is 50.0. The van der Waals surface area contributed by atoms with Gasteiger partial charge < -0.3 is 20.3 Å². The lowest BCUT2D eigenvalue weighted by Gasteiger charge is -2.30. The summed E-state index contributed by atoms with van der Waals surface area (Å²) in [7, 11) is -3.86. The molecule has 2 aliphatic carbocycles. The zero-order chi connectivity index (χ0) is 34.3. The molecule has 1 saturated heterocycles. The normalized spacial score (nSPS) is 28.4. The van der Waals surface area contributed by atoms with E-state index < -0.39 is 62.5 Å². The first kappa shape index (κ1) is 33.9. The number of aromatic nitrogens is 1. The van der Waals surface area contributed by atoms with Crippen LogP contribution in [0.25, 0.3) is 10.2 Å². The molecule has 3 amide bonds. The van der Waals surface area contributed by atoms with Gasteiger partial charge in [0.25, 0.3) is 11.1 Å². The van der Waals surface area contributed by atoms with Crippen LogP contribution >= 0.6 is 27.3 Å². The Labute approximate surface area is 296 Å². The first-order valence-electron chi connectivity index (χ1n) is 16.6. The van der Waals surface area contributed by atoms with E-state index in [9.17, 15) is 27.2 Å². The third-order valence-electron chi connectivity index (χ3n) is 9.61. The number of amides is 3. The standard InChI is InChI=1S/C34H37BrFN5O6S2/c35-21-11-14-26-29(15-21)48-33(38-26)47-24-17-28-30(42)39-34(32(44)40-49(45,46)25-12-13-25)18-20(34)7-4-2-1-3-5-10-27(31(43)41(28)19-24)37-23-9-6-8-22(36)16-23/h4,6-9,11,14-16,20,24-25,27-28,37H,1-3,5,10,12-13,17-19H2,(H,39,42)(H,40,44)/b7-4-/t20-,24-,27+,28+,34-/m1/s1. The highest BCUT2D eigenvalue weighted by Gasteiger charge is 2.62. The van der Waals surface area contributed by atoms with Crippen molar-refractivity contribution in [1.29, 1.82) is 0 Å². The summed E-state index contributed by atoms with van der Waals surface area (Å²) in [6.07, 6.45) is 8.18. The lowest BCUT2D eigenvalue weighted by molar-refractivity contribution is -0.140. The SMILES string of the molecule is O=C1N[C@]2(C(=O)NS(=O)(=O)C3CC3)C[C@H]2/C=C\CCCCC[C@H](Nc2cccc(F)c2)C(=O)N2C[C@H](Oc3nc4ccc(Br)cc4s3)C[C@@H]12. The molecular formula is C34H37BrFN5O6S2. The van der Waals surface area contributed by atoms with Gasteiger partial charge in [0, 0.05) is 22.5 Å². The van der Waals surface area contributed by atoms with Crippen molar-refractivity contribution in [3.05, 3.63) is 64.9 Å². The maximum atomic E-state index is 14.4. The van der Waals surface area contributed by atoms with Crippen LogP contribution in [-0.2, 0) is 24.4 Å². The van der Waals surface area contributed by atoms with E-state index in [1.807, 2.05) is 30.4 Å². The van der Waals surface area contributed by atoms with Crippen LogP contribution in [0.1, 0.15) is 57.8 Å². The molecule has 2 aliphatic heterocycles. The van der Waals surface area contributed by atoms with Crippen molar-refractivity contribution < 1.29 is 31.9 Å². The molecule has 2 saturated carbocycles. The lowest BCUT2D eigenvalue weighted by atomic mass is 10.0. The maximum Gasteiger partial charge on any atom is 0.274 e. The van der Waals surface area contributed by atoms with E-state index in [1.54, 1.807) is 12.1 Å². The molecule has 1 aromatic heterocycles. The Bertz CT molecular complexity index is 1920. The number of rotatable bonds is 7. The zero-order valence-corrected chi connectivity index (χ0v) is 29.8. The molecule has 2 aromatic carbocycles. The predicted octanol–water partition coefficient (Wildman–Crippen LogP) is 5.03. The first-order valence-corrected chi connectivity index (χ1v) is 19.8. The molecule has 3 N–H and O–H groups in total. The van der Waals surface area contributed by atoms with E-state index in [0.29, 0.717) is 36.6 Å². The summed E-state index contributed by atoms with van der Waals surface area (Å²) in [5.74, 6) is -2.51. The Balaban J connectivity index is 1.18. The van der Waals surface area contributed by atoms with Crippen molar-refractivity contribution in [1.82, 2.24) is 19.9 Å². The zero-order valence-electron chi connectivity index (χ0n) is 26.6. The molecule has 3 fully saturated rings. The topological polar surface area (TPSA) is 147 Å². The molecule has 49 heavy (non-hydrogen) atoms. The second kappa shape index (κ2) is 13.6. The molecule has 0 bridgehead atoms. The number of halogens is 2. The minimum atomic E-state index is -3.86. The molecule has 0 spiro atoms. The van der Waals surface area contributed by atoms with Crippen molar-refractivity contribution in [2.45, 2.75) is 86.8 Å². The van der Waals surface area contributed by atoms with E-state index >= 15 is 0 Å². The fourth-order valence-electron chi connectivity index (χ4n) is 6.70. The average Bonchev–Trinajstić information content (AvgIpc) is 3.95. The van der Waals surface area contributed by atoms with Gasteiger partial charge in [0.2, 0.25) is 21.8 Å². The van der Waals surface area contributed by atoms with Crippen LogP contribution in [0.15, 0.2) is 59.1 Å². The van der Waals surface area contributed by atoms with Gasteiger partial charge in [-0.2, -0.15) is 0 Å². The molecule has 260 valence electrons. The summed E-state index contributed by atoms with van der Waals surface area (Å²) in [5.41, 5.74) is -0.254. The number of benzene rings is 2. The molecule has 3 aromatic rings. The molecule has 3 heterocycles. The monoisotopic (exact) mass is 773 g/mol. The largest absolute Gasteiger partial charge is 0.465 e. The Morgan fingerprint density at radius 1 is 1.12 bits per heavy atom. The van der Waals surface area contributed by atoms with Crippen LogP contribution in [0.3, 0.4) is 0 Å². The van der Waals surface area contributed by atoms with Crippen LogP contribution in [0, 0.1) is 11.7 Å². The van der Waals surface area contributed by atoms with Gasteiger partial charge in [-0.05, 0) is 74.9 Å². The minimum absolute atomic E-state index is 0.0798. The number of hydrogen-bond donors (Lipinski definition) is 3. The predicted molar refractivity (Wildman–Crippen MR) is 187 cm³/mol. The van der Waals surface area contributed by atoms with Gasteiger partial charge in [-0.25, -0.2) is 17.8 Å². The van der Waals surface area contributed by atoms with Gasteiger partial charge in [-0.3, -0.25) is 19.1 Å². The second-order valence-electron chi connectivity index (χ2n) is 13.3. The molecule has 11 nitrogen and oxygen atoms in total. The summed E-state index contributed by atoms with van der Waals surface area (Å²) >= 11 is 4.83. The highest BCUT2D eigenvalue weighted by molar-refractivity contribution is 9.10. The molecule has 5 atom stereocenters. The van der Waals surface area contributed by atoms with E-state index in [1.165, 1.54) is 28.4 Å². The van der Waals surface area contributed by atoms with Crippen LogP contribution in [-0.4, -0.2) is 71.5 Å². The minimum Gasteiger partial charge on any atom is -0.465 e. The van der Waals surface area contributed by atoms with Crippen LogP contribution in [0.2, 0.25) is 0 Å². The van der Waals surface area contributed by atoms with E-state index in [-0.39, 0.29) is 25.3 Å². The molecule has 4 aliphatic rings. The Kier molecular flexibility index (Phi) is 9.43. The first-order chi connectivity index (χ1) is 23.5. The third kappa shape index (κ3) is 7.48. The maximum absolute atomic E-state index is 14.4. The number of nitrogens with one attached hydrogen (secondary N) is 3. The summed E-state index contributed by atoms with van der Waals surface area (Å²) in [6.45, 7) is 0.0798. The molecular weight excluding hydrogens is 737 g/mol. The number of thiazole rings is 1. The quantitative estimate of drug-likeness (QED) is 0.284. The number of carbonyl (C=O) groups is 3. The number of nitrogens with zero attached hydrogens (tertiary/aromatic N) is 2. The van der Waals surface area contributed by atoms with Crippen LogP contribution in [0.5, 0.6) is 5.19 Å². The fraction of sp³-hybridized carbons (Fsp3) is 0.471. The highest BCUT2D eigenvalue weighted by atomic mass is 79.9. The van der Waals surface area contributed by atoms with Crippen molar-refractivity contribution >= 4 is 70.9 Å². The Hall–Kier alpha value is -3.56. The van der Waals surface area contributed by atoms with Gasteiger partial charge in [-0.15, -0.1) is 0 Å². The summed E-state index contributed by atoms with van der Waals surface area (Å²) in [6, 6.07) is 9.82. The van der Waals surface area contributed by atoms with Crippen molar-refractivity contribution in [2.75, 3.05) is 11.9 Å². The Morgan fingerprint density at radius 2 is 1.96 bits per heavy atom. The Morgan fingerprint density at radius 3 is 2.76 bits per heavy atom. The van der Waals surface area contributed by atoms with Gasteiger partial charge in [0.1, 0.15) is 29.5 Å². The summed E-state index contributed by atoms with van der Waals surface area (Å²) in [5, 5.41) is 5.88. The van der Waals surface area contributed by atoms with E-state index in [4.69, 9.17) is 4.74 Å². The summed E-state index contributed by atoms with van der Waals surface area (Å²) in [4.78, 5) is 48.3. The fourth-order valence-corrected chi connectivity index (χ4v) is 9.49. The third-order valence-corrected chi connectivity index (χ3v) is 12.8. The smallest absolute Gasteiger partial charge is 0.274 e. The second-order valence-corrected chi connectivity index (χ2v) is 17.2. The van der Waals surface area contributed by atoms with Crippen molar-refractivity contribution in [3.63, 3.8) is 0 Å². The number of fused-ring (bicyclic) bond motifs is 3. The number of ether oxygens (including phenoxy) is 1. The van der Waals surface area contributed by atoms with Gasteiger partial charge >= 0.3 is 0 Å². The molecule has 15 heteroatoms. The van der Waals surface area contributed by atoms with Crippen molar-refractivity contribution in [2.24, 2.45) is 5.92 Å². The van der Waals surface area contributed by atoms with Crippen LogP contribution in [0.4, 0.5) is 10.1 Å². The molecule has 0 unspecified atom stereocenters.